The molecule has 3 aromatic rings. The molecule has 0 unspecified atom stereocenters. The van der Waals surface area contributed by atoms with E-state index in [1.54, 1.807) is 11.6 Å². The van der Waals surface area contributed by atoms with E-state index in [0.717, 1.165) is 44.7 Å². The molecule has 0 spiro atoms. The number of amides is 1. The maximum atomic E-state index is 11.5. The van der Waals surface area contributed by atoms with Gasteiger partial charge in [0.05, 0.1) is 0 Å². The summed E-state index contributed by atoms with van der Waals surface area (Å²) in [7, 11) is 0. The van der Waals surface area contributed by atoms with Gasteiger partial charge in [-0.3, -0.25) is 14.9 Å². The van der Waals surface area contributed by atoms with Gasteiger partial charge in [-0.1, -0.05) is 42.8 Å². The molecule has 34 heavy (non-hydrogen) atoms. The van der Waals surface area contributed by atoms with Crippen LogP contribution in [0.2, 0.25) is 0 Å². The van der Waals surface area contributed by atoms with Crippen LogP contribution in [-0.2, 0) is 30.8 Å². The van der Waals surface area contributed by atoms with Crippen LogP contribution < -0.4 is 5.48 Å². The smallest absolute Gasteiger partial charge is 0.267 e. The molecule has 0 bridgehead atoms. The molecule has 6 heteroatoms. The van der Waals surface area contributed by atoms with E-state index in [2.05, 4.69) is 62.9 Å². The molecule has 2 N–H and O–H groups in total. The van der Waals surface area contributed by atoms with Gasteiger partial charge in [-0.05, 0) is 60.8 Å². The van der Waals surface area contributed by atoms with Crippen molar-refractivity contribution in [2.45, 2.75) is 45.3 Å². The summed E-state index contributed by atoms with van der Waals surface area (Å²) in [6.07, 6.45) is 8.16. The lowest BCUT2D eigenvalue weighted by atomic mass is 10.0. The Hall–Kier alpha value is -2.93. The number of aromatic nitrogens is 1. The number of carbonyl (C=O) groups excluding carboxylic acids is 1. The lowest BCUT2D eigenvalue weighted by molar-refractivity contribution is -0.124. The Morgan fingerprint density at radius 3 is 2.59 bits per heavy atom. The standard InChI is InChI=1S/C28H34N4O2/c33-28(29-34)12-10-22-9-11-26-24(19-22)25-21-31(20-23-7-3-1-4-8-23)16-13-27(25)32(26)18-17-30-14-5-2-6-15-30/h1,3-4,7-12,19,34H,2,5-6,13-18,20-21H2,(H,29,33)/b12-10+. The number of nitrogens with one attached hydrogen (secondary N) is 1. The first-order valence-corrected chi connectivity index (χ1v) is 12.5. The molecule has 2 aromatic carbocycles. The average molecular weight is 459 g/mol. The first-order chi connectivity index (χ1) is 16.7. The Morgan fingerprint density at radius 2 is 1.79 bits per heavy atom. The highest BCUT2D eigenvalue weighted by Crippen LogP contribution is 2.33. The number of carbonyl (C=O) groups is 1. The lowest BCUT2D eigenvalue weighted by Crippen LogP contribution is -2.34. The van der Waals surface area contributed by atoms with Crippen molar-refractivity contribution in [3.05, 3.63) is 77.0 Å². The number of rotatable bonds is 7. The molecule has 0 saturated carbocycles. The van der Waals surface area contributed by atoms with Gasteiger partial charge in [0.1, 0.15) is 0 Å². The van der Waals surface area contributed by atoms with Gasteiger partial charge in [0.2, 0.25) is 0 Å². The number of likely N-dealkylation sites (tertiary alicyclic amines) is 1. The normalized spacial score (nSPS) is 17.3. The maximum Gasteiger partial charge on any atom is 0.267 e. The van der Waals surface area contributed by atoms with Gasteiger partial charge in [-0.15, -0.1) is 0 Å². The minimum absolute atomic E-state index is 0.518. The van der Waals surface area contributed by atoms with Gasteiger partial charge in [0.15, 0.2) is 0 Å². The van der Waals surface area contributed by atoms with Crippen LogP contribution in [-0.4, -0.2) is 51.7 Å². The van der Waals surface area contributed by atoms with Crippen LogP contribution in [0.5, 0.6) is 0 Å². The largest absolute Gasteiger partial charge is 0.343 e. The summed E-state index contributed by atoms with van der Waals surface area (Å²) in [5, 5.41) is 10.1. The second-order valence-corrected chi connectivity index (χ2v) is 9.51. The predicted molar refractivity (Wildman–Crippen MR) is 135 cm³/mol. The van der Waals surface area contributed by atoms with Crippen molar-refractivity contribution >= 4 is 22.9 Å². The maximum absolute atomic E-state index is 11.5. The summed E-state index contributed by atoms with van der Waals surface area (Å²) in [6.45, 7) is 7.50. The number of hydrogen-bond donors (Lipinski definition) is 2. The Morgan fingerprint density at radius 1 is 0.971 bits per heavy atom. The topological polar surface area (TPSA) is 60.7 Å². The third-order valence-corrected chi connectivity index (χ3v) is 7.23. The fourth-order valence-electron chi connectivity index (χ4n) is 5.49. The molecule has 0 radical (unpaired) electrons. The summed E-state index contributed by atoms with van der Waals surface area (Å²) >= 11 is 0. The van der Waals surface area contributed by atoms with Gasteiger partial charge >= 0.3 is 0 Å². The summed E-state index contributed by atoms with van der Waals surface area (Å²) in [5.74, 6) is -0.518. The number of benzene rings is 2. The second kappa shape index (κ2) is 10.6. The second-order valence-electron chi connectivity index (χ2n) is 9.51. The van der Waals surface area contributed by atoms with Gasteiger partial charge in [-0.25, -0.2) is 5.48 Å². The summed E-state index contributed by atoms with van der Waals surface area (Å²) in [6, 6.07) is 17.1. The van der Waals surface area contributed by atoms with E-state index in [1.165, 1.54) is 66.2 Å². The summed E-state index contributed by atoms with van der Waals surface area (Å²) in [4.78, 5) is 16.6. The van der Waals surface area contributed by atoms with Crippen LogP contribution >= 0.6 is 0 Å². The number of piperidine rings is 1. The number of fused-ring (bicyclic) bond motifs is 3. The SMILES string of the molecule is O=C(/C=C/c1ccc2c(c1)c1c(n2CCN2CCCCC2)CCN(Cc2ccccc2)C1)NO. The van der Waals surface area contributed by atoms with Gasteiger partial charge in [-0.2, -0.15) is 0 Å². The third kappa shape index (κ3) is 5.09. The quantitative estimate of drug-likeness (QED) is 0.316. The molecule has 0 aliphatic carbocycles. The highest BCUT2D eigenvalue weighted by Gasteiger charge is 2.24. The first kappa shape index (κ1) is 22.8. The Bertz CT molecular complexity index is 1160. The van der Waals surface area contributed by atoms with E-state index < -0.39 is 5.91 Å². The molecule has 1 saturated heterocycles. The molecule has 6 nitrogen and oxygen atoms in total. The van der Waals surface area contributed by atoms with Gasteiger partial charge in [0, 0.05) is 61.8 Å². The Kier molecular flexibility index (Phi) is 7.09. The van der Waals surface area contributed by atoms with Crippen molar-refractivity contribution < 1.29 is 10.0 Å². The molecule has 0 atom stereocenters. The van der Waals surface area contributed by atoms with Crippen LogP contribution in [0.25, 0.3) is 17.0 Å². The highest BCUT2D eigenvalue weighted by molar-refractivity contribution is 5.93. The van der Waals surface area contributed by atoms with Gasteiger partial charge in [0.25, 0.3) is 5.91 Å². The molecule has 3 heterocycles. The van der Waals surface area contributed by atoms with Crippen molar-refractivity contribution in [1.29, 1.82) is 0 Å². The van der Waals surface area contributed by atoms with Crippen LogP contribution in [0.4, 0.5) is 0 Å². The highest BCUT2D eigenvalue weighted by atomic mass is 16.5. The van der Waals surface area contributed by atoms with Crippen LogP contribution in [0.3, 0.4) is 0 Å². The van der Waals surface area contributed by atoms with Crippen molar-refractivity contribution in [2.75, 3.05) is 26.2 Å². The predicted octanol–water partition coefficient (Wildman–Crippen LogP) is 4.20. The zero-order valence-corrected chi connectivity index (χ0v) is 19.7. The van der Waals surface area contributed by atoms with Crippen molar-refractivity contribution in [2.24, 2.45) is 0 Å². The van der Waals surface area contributed by atoms with E-state index in [4.69, 9.17) is 5.21 Å². The minimum Gasteiger partial charge on any atom is -0.343 e. The summed E-state index contributed by atoms with van der Waals surface area (Å²) in [5.41, 5.74) is 8.14. The number of nitrogens with zero attached hydrogens (tertiary/aromatic N) is 3. The number of hydrogen-bond acceptors (Lipinski definition) is 4. The molecule has 1 fully saturated rings. The fraction of sp³-hybridized carbons (Fsp3) is 0.393. The molecule has 1 aromatic heterocycles. The average Bonchev–Trinajstić information content (AvgIpc) is 3.19. The van der Waals surface area contributed by atoms with Crippen LogP contribution in [0, 0.1) is 0 Å². The summed E-state index contributed by atoms with van der Waals surface area (Å²) < 4.78 is 2.55. The van der Waals surface area contributed by atoms with E-state index in [9.17, 15) is 4.79 Å². The third-order valence-electron chi connectivity index (χ3n) is 7.23. The molecule has 178 valence electrons. The molecular formula is C28H34N4O2. The minimum atomic E-state index is -0.518. The van der Waals surface area contributed by atoms with Crippen molar-refractivity contribution in [1.82, 2.24) is 19.8 Å². The van der Waals surface area contributed by atoms with E-state index >= 15 is 0 Å². The zero-order valence-electron chi connectivity index (χ0n) is 19.7. The van der Waals surface area contributed by atoms with Crippen LogP contribution in [0.1, 0.15) is 41.6 Å². The monoisotopic (exact) mass is 458 g/mol. The first-order valence-electron chi connectivity index (χ1n) is 12.5. The molecule has 2 aliphatic heterocycles. The van der Waals surface area contributed by atoms with Crippen LogP contribution in [0.15, 0.2) is 54.6 Å². The van der Waals surface area contributed by atoms with Gasteiger partial charge < -0.3 is 9.47 Å². The molecule has 2 aliphatic rings. The lowest BCUT2D eigenvalue weighted by Gasteiger charge is -2.29. The Labute approximate surface area is 201 Å². The Balaban J connectivity index is 1.45. The van der Waals surface area contributed by atoms with Crippen molar-refractivity contribution in [3.63, 3.8) is 0 Å². The number of hydroxylamine groups is 1. The van der Waals surface area contributed by atoms with Crippen molar-refractivity contribution in [3.8, 4) is 0 Å². The fourth-order valence-corrected chi connectivity index (χ4v) is 5.49. The molecule has 1 amide bonds. The molecular weight excluding hydrogens is 424 g/mol. The van der Waals surface area contributed by atoms with E-state index in [1.807, 2.05) is 0 Å². The zero-order chi connectivity index (χ0) is 23.3. The molecule has 5 rings (SSSR count). The van der Waals surface area contributed by atoms with E-state index in [0.29, 0.717) is 0 Å². The van der Waals surface area contributed by atoms with E-state index in [-0.39, 0.29) is 0 Å².